The molecule has 0 saturated carbocycles. The van der Waals surface area contributed by atoms with E-state index in [9.17, 15) is 14.4 Å². The van der Waals surface area contributed by atoms with Crippen molar-refractivity contribution in [3.8, 4) is 0 Å². The van der Waals surface area contributed by atoms with Gasteiger partial charge < -0.3 is 47.5 Å². The van der Waals surface area contributed by atoms with Gasteiger partial charge in [0.25, 0.3) is 0 Å². The molecule has 1 fully saturated rings. The molecule has 0 aromatic heterocycles. The van der Waals surface area contributed by atoms with Crippen LogP contribution in [0.4, 0.5) is 0 Å². The molecule has 0 aliphatic carbocycles. The van der Waals surface area contributed by atoms with E-state index in [0.29, 0.717) is 26.2 Å². The summed E-state index contributed by atoms with van der Waals surface area (Å²) in [5, 5.41) is 25.4. The number of epoxide rings is 1. The molecule has 0 unspecified atom stereocenters. The maximum absolute atomic E-state index is 10.7. The number of hydrogen-bond acceptors (Lipinski definition) is 9. The topological polar surface area (TPSA) is 182 Å². The molecule has 1 aliphatic rings. The van der Waals surface area contributed by atoms with Gasteiger partial charge in [0.1, 0.15) is 0 Å². The molecule has 12 nitrogen and oxygen atoms in total. The van der Waals surface area contributed by atoms with Gasteiger partial charge >= 0.3 is 0 Å². The quantitative estimate of drug-likeness (QED) is 0.0475. The summed E-state index contributed by atoms with van der Waals surface area (Å²) >= 11 is 0. The normalized spacial score (nSPS) is 8.80. The first-order valence-electron chi connectivity index (χ1n) is 15.7. The molecular formula is C32H71N7O5Y2-2. The molecule has 1 heterocycles. The number of rotatable bonds is 17. The summed E-state index contributed by atoms with van der Waals surface area (Å²) in [7, 11) is 0. The summed E-state index contributed by atoms with van der Waals surface area (Å²) in [4.78, 5) is 31.6. The fourth-order valence-electron chi connectivity index (χ4n) is 1.73. The average Bonchev–Trinajstić information content (AvgIpc) is 3.96. The third kappa shape index (κ3) is 104. The van der Waals surface area contributed by atoms with E-state index in [1.807, 2.05) is 69.2 Å². The maximum atomic E-state index is 10.7. The van der Waals surface area contributed by atoms with Gasteiger partial charge in [-0.2, -0.15) is 6.61 Å². The summed E-state index contributed by atoms with van der Waals surface area (Å²) in [5.41, 5.74) is 5.23. The molecule has 14 heteroatoms. The number of carbonyl (C=O) groups is 3. The number of amides is 3. The van der Waals surface area contributed by atoms with Gasteiger partial charge in [-0.15, -0.1) is 6.54 Å². The maximum Gasteiger partial charge on any atom is 0.243 e. The van der Waals surface area contributed by atoms with Crippen LogP contribution in [0.15, 0.2) is 38.0 Å². The van der Waals surface area contributed by atoms with E-state index in [-0.39, 0.29) is 89.2 Å². The van der Waals surface area contributed by atoms with Crippen molar-refractivity contribution in [2.45, 2.75) is 75.3 Å². The summed E-state index contributed by atoms with van der Waals surface area (Å²) < 4.78 is 4.38. The van der Waals surface area contributed by atoms with Crippen LogP contribution in [-0.4, -0.2) is 94.4 Å². The summed E-state index contributed by atoms with van der Waals surface area (Å²) in [5.74, 6) is -0.403. The Hall–Kier alpha value is -0.402. The van der Waals surface area contributed by atoms with Gasteiger partial charge in [-0.1, -0.05) is 81.7 Å². The first-order chi connectivity index (χ1) is 21.3. The van der Waals surface area contributed by atoms with Gasteiger partial charge in [-0.05, 0) is 32.1 Å². The molecule has 0 aromatic rings. The van der Waals surface area contributed by atoms with E-state index in [1.165, 1.54) is 18.2 Å². The molecule has 1 aliphatic heterocycles. The summed E-state index contributed by atoms with van der Waals surface area (Å²) in [6.07, 6.45) is 3.77. The zero-order valence-corrected chi connectivity index (χ0v) is 36.6. The van der Waals surface area contributed by atoms with Crippen LogP contribution in [0.1, 0.15) is 69.2 Å². The predicted molar refractivity (Wildman–Crippen MR) is 189 cm³/mol. The number of aliphatic hydroxyl groups excluding tert-OH is 1. The number of hydrogen-bond donors (Lipinski definition) is 8. The van der Waals surface area contributed by atoms with Crippen LogP contribution in [0.2, 0.25) is 0 Å². The second kappa shape index (κ2) is 75.1. The number of nitrogens with two attached hydrogens (primary N) is 1. The van der Waals surface area contributed by atoms with E-state index in [0.717, 1.165) is 45.9 Å². The first-order valence-corrected chi connectivity index (χ1v) is 15.7. The molecule has 0 spiro atoms. The Morgan fingerprint density at radius 1 is 0.739 bits per heavy atom. The summed E-state index contributed by atoms with van der Waals surface area (Å²) in [6, 6.07) is 0.209. The smallest absolute Gasteiger partial charge is 0.243 e. The molecule has 2 radical (unpaired) electrons. The third-order valence-electron chi connectivity index (χ3n) is 3.39. The van der Waals surface area contributed by atoms with Crippen LogP contribution < -0.4 is 37.6 Å². The standard InChI is InChI=1S/C9H18N3O2.C7H15N3O.C6H11NO.C2H3O.4C2H6.2Y/c1-2-9(14)12-6-5-10-3-4-11-7-8-13;1-2-7(11)10-6-5-9-4-3-8;1-4-6(8)7-5(2)3;1-2-3-1;4*1-2;;/h2,8,10-11,13H,1,3-7H2,(H,12,14);2,9H,1,3-6,8H2,(H,10,11);4-5H,1H2,2-3H3,(H,7,8);1H,2H2;4*1-2H3;;/q-1;;;-1;;;;;;. The van der Waals surface area contributed by atoms with E-state index >= 15 is 0 Å². The third-order valence-corrected chi connectivity index (χ3v) is 3.39. The van der Waals surface area contributed by atoms with Gasteiger partial charge in [0, 0.05) is 124 Å². The fourth-order valence-corrected chi connectivity index (χ4v) is 1.73. The Kier molecular flexibility index (Phi) is 111. The molecule has 3 amide bonds. The van der Waals surface area contributed by atoms with Gasteiger partial charge in [-0.3, -0.25) is 14.4 Å². The summed E-state index contributed by atoms with van der Waals surface area (Å²) in [6.45, 7) is 39.6. The van der Waals surface area contributed by atoms with E-state index in [4.69, 9.17) is 10.8 Å². The minimum atomic E-state index is -0.153. The van der Waals surface area contributed by atoms with Gasteiger partial charge in [0.2, 0.25) is 17.7 Å². The first kappa shape index (κ1) is 67.7. The SMILES string of the molecule is C=CC(=O)NC(C)C.C=CC(=O)NCCNCCN.C=CC(=O)NCCNCCNC[CH-]O.CC.CC.CC.CC.[CH-]1CO1.[Y].[Y]. The predicted octanol–water partition coefficient (Wildman–Crippen LogP) is 2.81. The molecular weight excluding hydrogens is 740 g/mol. The number of carbonyl (C=O) groups excluding carboxylic acids is 3. The average molecular weight is 812 g/mol. The van der Waals surface area contributed by atoms with E-state index in [1.54, 1.807) is 6.61 Å². The van der Waals surface area contributed by atoms with Crippen molar-refractivity contribution in [1.29, 1.82) is 0 Å². The second-order valence-electron chi connectivity index (χ2n) is 7.03. The Labute approximate surface area is 334 Å². The van der Waals surface area contributed by atoms with Gasteiger partial charge in [-0.25, -0.2) is 6.61 Å². The number of nitrogens with one attached hydrogen (secondary N) is 6. The van der Waals surface area contributed by atoms with Crippen molar-refractivity contribution in [3.63, 3.8) is 0 Å². The molecule has 0 atom stereocenters. The molecule has 9 N–H and O–H groups in total. The minimum absolute atomic E-state index is 0. The van der Waals surface area contributed by atoms with Gasteiger partial charge in [0.15, 0.2) is 0 Å². The van der Waals surface area contributed by atoms with Crippen LogP contribution >= 0.6 is 0 Å². The molecule has 0 aromatic carbocycles. The van der Waals surface area contributed by atoms with Crippen LogP contribution in [0.25, 0.3) is 0 Å². The Balaban J connectivity index is -0.0000000548. The van der Waals surface area contributed by atoms with Crippen LogP contribution in [0, 0.1) is 13.2 Å². The zero-order valence-electron chi connectivity index (χ0n) is 31.0. The zero-order chi connectivity index (χ0) is 35.9. The van der Waals surface area contributed by atoms with Crippen molar-refractivity contribution >= 4 is 17.7 Å². The second-order valence-corrected chi connectivity index (χ2v) is 7.03. The minimum Gasteiger partial charge on any atom is -0.574 e. The van der Waals surface area contributed by atoms with Gasteiger partial charge in [0.05, 0.1) is 0 Å². The number of aliphatic hydroxyl groups is 1. The molecule has 0 bridgehead atoms. The Morgan fingerprint density at radius 2 is 1.07 bits per heavy atom. The van der Waals surface area contributed by atoms with Crippen molar-refractivity contribution in [3.05, 3.63) is 51.2 Å². The monoisotopic (exact) mass is 811 g/mol. The molecule has 46 heavy (non-hydrogen) atoms. The van der Waals surface area contributed by atoms with Crippen molar-refractivity contribution in [2.24, 2.45) is 5.73 Å². The largest absolute Gasteiger partial charge is 0.574 e. The molecule has 272 valence electrons. The number of ether oxygens (including phenoxy) is 1. The fraction of sp³-hybridized carbons (Fsp3) is 0.656. The molecule has 1 saturated heterocycles. The van der Waals surface area contributed by atoms with Crippen LogP contribution in [-0.2, 0) is 84.5 Å². The van der Waals surface area contributed by atoms with E-state index < -0.39 is 0 Å². The van der Waals surface area contributed by atoms with Crippen LogP contribution in [0.5, 0.6) is 0 Å². The van der Waals surface area contributed by atoms with Crippen molar-refractivity contribution < 1.29 is 89.6 Å². The van der Waals surface area contributed by atoms with E-state index in [2.05, 4.69) is 56.4 Å². The molecule has 1 rings (SSSR count). The Morgan fingerprint density at radius 3 is 1.33 bits per heavy atom. The van der Waals surface area contributed by atoms with Crippen molar-refractivity contribution in [1.82, 2.24) is 31.9 Å². The van der Waals surface area contributed by atoms with Crippen LogP contribution in [0.3, 0.4) is 0 Å². The Bertz CT molecular complexity index is 586. The van der Waals surface area contributed by atoms with Crippen molar-refractivity contribution in [2.75, 3.05) is 65.5 Å².